The number of aromatic nitrogens is 3. The lowest BCUT2D eigenvalue weighted by molar-refractivity contribution is 0.00803. The third-order valence-electron chi connectivity index (χ3n) is 10.9. The van der Waals surface area contributed by atoms with Gasteiger partial charge in [-0.25, -0.2) is 22.5 Å². The molecule has 48 heavy (non-hydrogen) atoms. The Morgan fingerprint density at radius 1 is 1.17 bits per heavy atom. The van der Waals surface area contributed by atoms with Gasteiger partial charge in [0.1, 0.15) is 40.9 Å². The second-order valence-electron chi connectivity index (χ2n) is 14.0. The predicted octanol–water partition coefficient (Wildman–Crippen LogP) is 5.03. The number of hydrogen-bond acceptors (Lipinski definition) is 9. The second kappa shape index (κ2) is 10.3. The van der Waals surface area contributed by atoms with Gasteiger partial charge in [0.05, 0.1) is 23.7 Å². The molecule has 1 unspecified atom stereocenters. The Bertz CT molecular complexity index is 2070. The van der Waals surface area contributed by atoms with Crippen LogP contribution in [0, 0.1) is 24.0 Å². The van der Waals surface area contributed by atoms with Gasteiger partial charge in [0.25, 0.3) is 5.92 Å². The van der Waals surface area contributed by atoms with Gasteiger partial charge in [0.2, 0.25) is 5.88 Å². The molecular formula is C35H33F4N7O2. The van der Waals surface area contributed by atoms with Crippen molar-refractivity contribution in [1.29, 1.82) is 0 Å². The van der Waals surface area contributed by atoms with Crippen molar-refractivity contribution in [3.05, 3.63) is 41.5 Å². The minimum absolute atomic E-state index is 0.0516. The second-order valence-corrected chi connectivity index (χ2v) is 14.0. The molecule has 7 heterocycles. The molecule has 3 N–H and O–H groups in total. The number of piperazine rings is 1. The van der Waals surface area contributed by atoms with Crippen LogP contribution >= 0.6 is 0 Å². The number of alkyl halides is 2. The first-order chi connectivity index (χ1) is 23.0. The highest BCUT2D eigenvalue weighted by Gasteiger charge is 2.57. The Morgan fingerprint density at radius 2 is 2.02 bits per heavy atom. The number of fused-ring (bicyclic) bond motifs is 7. The monoisotopic (exact) mass is 659 g/mol. The van der Waals surface area contributed by atoms with Crippen LogP contribution in [0.5, 0.6) is 11.9 Å². The van der Waals surface area contributed by atoms with Crippen molar-refractivity contribution in [2.45, 2.75) is 74.7 Å². The lowest BCUT2D eigenvalue weighted by Gasteiger charge is -2.42. The number of nitrogens with zero attached hydrogens (tertiary/aromatic N) is 5. The van der Waals surface area contributed by atoms with Crippen LogP contribution in [0.15, 0.2) is 24.3 Å². The van der Waals surface area contributed by atoms with Gasteiger partial charge in [0.15, 0.2) is 5.82 Å². The van der Waals surface area contributed by atoms with Crippen LogP contribution in [0.1, 0.15) is 44.6 Å². The number of rotatable bonds is 4. The molecule has 2 aromatic heterocycles. The minimum atomic E-state index is -2.82. The van der Waals surface area contributed by atoms with Crippen LogP contribution in [0.4, 0.5) is 29.1 Å². The molecule has 9 rings (SSSR count). The fraction of sp³-hybridized carbons (Fsp3) is 0.457. The van der Waals surface area contributed by atoms with Crippen molar-refractivity contribution in [1.82, 2.24) is 25.2 Å². The van der Waals surface area contributed by atoms with E-state index in [9.17, 15) is 8.78 Å². The molecule has 0 aliphatic carbocycles. The van der Waals surface area contributed by atoms with Crippen molar-refractivity contribution < 1.29 is 27.0 Å². The van der Waals surface area contributed by atoms with E-state index in [1.54, 1.807) is 11.0 Å². The van der Waals surface area contributed by atoms with Crippen LogP contribution in [0.3, 0.4) is 0 Å². The molecule has 248 valence electrons. The van der Waals surface area contributed by atoms with E-state index in [-0.39, 0.29) is 82.7 Å². The van der Waals surface area contributed by atoms with Crippen molar-refractivity contribution in [2.24, 2.45) is 0 Å². The molecule has 4 fully saturated rings. The Morgan fingerprint density at radius 3 is 2.85 bits per heavy atom. The summed E-state index contributed by atoms with van der Waals surface area (Å²) in [6.45, 7) is 2.72. The first kappa shape index (κ1) is 29.7. The predicted molar refractivity (Wildman–Crippen MR) is 172 cm³/mol. The molecule has 2 bridgehead atoms. The first-order valence-corrected chi connectivity index (χ1v) is 16.4. The number of terminal acetylenes is 1. The fourth-order valence-corrected chi connectivity index (χ4v) is 9.00. The summed E-state index contributed by atoms with van der Waals surface area (Å²) in [4.78, 5) is 18.0. The summed E-state index contributed by atoms with van der Waals surface area (Å²) in [6, 6.07) is 5.93. The molecule has 2 aromatic carbocycles. The number of anilines is 2. The van der Waals surface area contributed by atoms with Gasteiger partial charge in [0, 0.05) is 41.7 Å². The number of halogens is 4. The molecule has 9 nitrogen and oxygen atoms in total. The number of benzene rings is 2. The van der Waals surface area contributed by atoms with Crippen LogP contribution in [-0.2, 0) is 0 Å². The summed E-state index contributed by atoms with van der Waals surface area (Å²) in [5.41, 5.74) is 5.56. The van der Waals surface area contributed by atoms with E-state index in [1.807, 2.05) is 6.92 Å². The normalized spacial score (nSPS) is 28.6. The Kier molecular flexibility index (Phi) is 6.37. The molecule has 5 aliphatic rings. The lowest BCUT2D eigenvalue weighted by atomic mass is 9.94. The molecule has 0 saturated carbocycles. The quantitative estimate of drug-likeness (QED) is 0.178. The number of hydrogen-bond donors (Lipinski definition) is 2. The van der Waals surface area contributed by atoms with Crippen molar-refractivity contribution in [3.8, 4) is 35.5 Å². The molecule has 0 radical (unpaired) electrons. The molecule has 5 aliphatic heterocycles. The summed E-state index contributed by atoms with van der Waals surface area (Å²) >= 11 is 0. The van der Waals surface area contributed by atoms with E-state index in [0.717, 1.165) is 19.3 Å². The van der Waals surface area contributed by atoms with Gasteiger partial charge < -0.3 is 25.4 Å². The summed E-state index contributed by atoms with van der Waals surface area (Å²) in [5.74, 6) is -1.34. The average Bonchev–Trinajstić information content (AvgIpc) is 3.66. The fourth-order valence-electron chi connectivity index (χ4n) is 9.00. The van der Waals surface area contributed by atoms with Gasteiger partial charge in [-0.15, -0.1) is 6.42 Å². The zero-order valence-electron chi connectivity index (χ0n) is 26.2. The Labute approximate surface area is 273 Å². The molecule has 0 spiro atoms. The van der Waals surface area contributed by atoms with Crippen molar-refractivity contribution >= 4 is 33.2 Å². The highest BCUT2D eigenvalue weighted by molar-refractivity contribution is 6.05. The maximum absolute atomic E-state index is 17.1. The maximum atomic E-state index is 17.1. The molecule has 0 amide bonds. The lowest BCUT2D eigenvalue weighted by Crippen LogP contribution is -2.62. The summed E-state index contributed by atoms with van der Waals surface area (Å²) in [6.07, 6.45) is 8.29. The molecule has 4 saturated heterocycles. The van der Waals surface area contributed by atoms with Gasteiger partial charge >= 0.3 is 6.01 Å². The van der Waals surface area contributed by atoms with Crippen molar-refractivity contribution in [2.75, 3.05) is 36.9 Å². The molecule has 4 aromatic rings. The number of pyridine rings is 1. The maximum Gasteiger partial charge on any atom is 0.319 e. The van der Waals surface area contributed by atoms with Crippen LogP contribution in [0.25, 0.3) is 32.9 Å². The first-order valence-electron chi connectivity index (χ1n) is 16.4. The van der Waals surface area contributed by atoms with E-state index in [1.165, 1.54) is 18.2 Å². The van der Waals surface area contributed by atoms with Gasteiger partial charge in [-0.3, -0.25) is 4.90 Å². The summed E-state index contributed by atoms with van der Waals surface area (Å²) in [7, 11) is 0. The standard InChI is InChI=1S/C35H33F4N7O2/c1-3-21-23(36)7-5-18-11-19(40)12-22(25(18)21)28-27(37)29-26-31(46-13-20-6-8-24(41-20)30(46)17(2)48-32(26)42-28)44-33(43-29)47-16-34-9-4-10-45(34)15-35(38,39)14-34/h1,5,7,11-12,17,20,24,30,41H,4,6,8-10,13-16,40H2,2H3/t17-,20+,24-,30+,34?/m0/s1. The minimum Gasteiger partial charge on any atom is -0.472 e. The largest absolute Gasteiger partial charge is 0.472 e. The van der Waals surface area contributed by atoms with E-state index >= 15 is 8.78 Å². The van der Waals surface area contributed by atoms with Gasteiger partial charge in [-0.1, -0.05) is 12.0 Å². The highest BCUT2D eigenvalue weighted by Crippen LogP contribution is 2.48. The third-order valence-corrected chi connectivity index (χ3v) is 10.9. The third kappa shape index (κ3) is 4.34. The van der Waals surface area contributed by atoms with Crippen LogP contribution < -0.4 is 25.4 Å². The zero-order valence-corrected chi connectivity index (χ0v) is 26.2. The smallest absolute Gasteiger partial charge is 0.319 e. The molecule has 5 atom stereocenters. The van der Waals surface area contributed by atoms with Crippen molar-refractivity contribution in [3.63, 3.8) is 0 Å². The number of nitrogen functional groups attached to an aromatic ring is 1. The van der Waals surface area contributed by atoms with E-state index in [4.69, 9.17) is 31.6 Å². The molecule has 13 heteroatoms. The van der Waals surface area contributed by atoms with E-state index in [0.29, 0.717) is 36.4 Å². The summed E-state index contributed by atoms with van der Waals surface area (Å²) in [5, 5.41) is 4.75. The topological polar surface area (TPSA) is 102 Å². The number of ether oxygens (including phenoxy) is 2. The van der Waals surface area contributed by atoms with Crippen LogP contribution in [-0.4, -0.2) is 81.8 Å². The SMILES string of the molecule is C#Cc1c(F)ccc2cc(N)cc(-c3nc4c5c(nc(OCC67CCCN6CC(F)(F)C7)nc5c3F)N3C[C@H]5CC[C@H](N5)[C@H]3[C@H](C)O4)c12. The van der Waals surface area contributed by atoms with Gasteiger partial charge in [-0.2, -0.15) is 9.97 Å². The Balaban J connectivity index is 1.26. The highest BCUT2D eigenvalue weighted by atomic mass is 19.3. The average molecular weight is 660 g/mol. The van der Waals surface area contributed by atoms with Gasteiger partial charge in [-0.05, 0) is 62.7 Å². The van der Waals surface area contributed by atoms with E-state index in [2.05, 4.69) is 21.1 Å². The zero-order chi connectivity index (χ0) is 33.1. The summed E-state index contributed by atoms with van der Waals surface area (Å²) < 4.78 is 74.1. The number of nitrogens with two attached hydrogens (primary N) is 1. The van der Waals surface area contributed by atoms with E-state index < -0.39 is 29.2 Å². The van der Waals surface area contributed by atoms with Crippen LogP contribution in [0.2, 0.25) is 0 Å². The Hall–Kier alpha value is -4.41. The number of nitrogens with one attached hydrogen (secondary N) is 1. The molecular weight excluding hydrogens is 626 g/mol.